The molecule has 2 nitrogen and oxygen atoms in total. The molecule has 2 atom stereocenters. The van der Waals surface area contributed by atoms with Crippen LogP contribution in [0.1, 0.15) is 59.3 Å². The summed E-state index contributed by atoms with van der Waals surface area (Å²) < 4.78 is 11.9. The molecule has 17 heavy (non-hydrogen) atoms. The van der Waals surface area contributed by atoms with E-state index in [1.807, 2.05) is 0 Å². The van der Waals surface area contributed by atoms with Gasteiger partial charge < -0.3 is 4.89 Å². The molecule has 0 amide bonds. The largest absolute Gasteiger partial charge is 0.329 e. The Morgan fingerprint density at radius 2 is 1.76 bits per heavy atom. The minimum atomic E-state index is -2.99. The number of rotatable bonds is 11. The van der Waals surface area contributed by atoms with Gasteiger partial charge in [-0.15, -0.1) is 0 Å². The molecule has 0 saturated carbocycles. The predicted octanol–water partition coefficient (Wildman–Crippen LogP) is 5.57. The van der Waals surface area contributed by atoms with Gasteiger partial charge in [-0.25, -0.2) is 0 Å². The lowest BCUT2D eigenvalue weighted by Crippen LogP contribution is -2.01. The molecule has 0 radical (unpaired) electrons. The van der Waals surface area contributed by atoms with E-state index in [4.69, 9.17) is 0 Å². The van der Waals surface area contributed by atoms with Gasteiger partial charge in [0.05, 0.1) is 0 Å². The number of hydrogen-bond donors (Lipinski definition) is 1. The van der Waals surface area contributed by atoms with Crippen molar-refractivity contribution in [3.05, 3.63) is 0 Å². The summed E-state index contributed by atoms with van der Waals surface area (Å²) in [5.41, 5.74) is 0. The van der Waals surface area contributed by atoms with Gasteiger partial charge in [-0.05, 0) is 18.8 Å². The molecule has 5 heteroatoms. The van der Waals surface area contributed by atoms with E-state index in [1.165, 1.54) is 42.0 Å². The van der Waals surface area contributed by atoms with E-state index in [0.717, 1.165) is 30.8 Å². The first kappa shape index (κ1) is 17.9. The Bertz CT molecular complexity index is 225. The summed E-state index contributed by atoms with van der Waals surface area (Å²) >= 11 is 2.54. The van der Waals surface area contributed by atoms with Crippen molar-refractivity contribution >= 4 is 28.5 Å². The maximum atomic E-state index is 11.9. The molecule has 0 spiro atoms. The van der Waals surface area contributed by atoms with Gasteiger partial charge in [-0.3, -0.25) is 4.57 Å². The molecule has 0 aromatic heterocycles. The molecule has 0 aliphatic rings. The monoisotopic (exact) mass is 298 g/mol. The van der Waals surface area contributed by atoms with Crippen LogP contribution in [0.4, 0.5) is 0 Å². The van der Waals surface area contributed by atoms with Crippen molar-refractivity contribution in [1.29, 1.82) is 0 Å². The van der Waals surface area contributed by atoms with Crippen LogP contribution in [0.2, 0.25) is 0 Å². The Balaban J connectivity index is 3.84. The Morgan fingerprint density at radius 1 is 1.12 bits per heavy atom. The van der Waals surface area contributed by atoms with Crippen molar-refractivity contribution in [1.82, 2.24) is 0 Å². The smallest absolute Gasteiger partial charge is 0.310 e. The van der Waals surface area contributed by atoms with Gasteiger partial charge in [0, 0.05) is 11.5 Å². The molecule has 0 bridgehead atoms. The van der Waals surface area contributed by atoms with Crippen LogP contribution < -0.4 is 0 Å². The highest BCUT2D eigenvalue weighted by molar-refractivity contribution is 8.88. The normalized spacial score (nSPS) is 16.7. The molecule has 104 valence electrons. The Morgan fingerprint density at radius 3 is 2.29 bits per heavy atom. The summed E-state index contributed by atoms with van der Waals surface area (Å²) in [5, 5.41) is 0. The Labute approximate surface area is 115 Å². The second kappa shape index (κ2) is 10.8. The van der Waals surface area contributed by atoms with Crippen LogP contribution in [0.25, 0.3) is 0 Å². The molecule has 0 aliphatic heterocycles. The molecule has 0 saturated heterocycles. The SMILES string of the molecule is CCCCSP(=O)(O)SCC(CC)CCCC. The summed E-state index contributed by atoms with van der Waals surface area (Å²) in [6.45, 7) is 6.47. The van der Waals surface area contributed by atoms with E-state index < -0.39 is 5.77 Å². The quantitative estimate of drug-likeness (QED) is 0.399. The fourth-order valence-corrected chi connectivity index (χ4v) is 7.37. The standard InChI is InChI=1S/C12H27O2PS2/c1-4-7-9-12(6-3)11-17-15(13,14)16-10-8-5-2/h12H,4-11H2,1-3H3,(H,13,14). The zero-order valence-electron chi connectivity index (χ0n) is 11.4. The summed E-state index contributed by atoms with van der Waals surface area (Å²) in [4.78, 5) is 9.79. The third-order valence-electron chi connectivity index (χ3n) is 2.77. The van der Waals surface area contributed by atoms with Crippen LogP contribution >= 0.6 is 28.5 Å². The lowest BCUT2D eigenvalue weighted by atomic mass is 10.0. The zero-order valence-corrected chi connectivity index (χ0v) is 13.9. The van der Waals surface area contributed by atoms with Crippen molar-refractivity contribution < 1.29 is 9.46 Å². The van der Waals surface area contributed by atoms with E-state index in [-0.39, 0.29) is 0 Å². The van der Waals surface area contributed by atoms with Crippen molar-refractivity contribution in [3.63, 3.8) is 0 Å². The fourth-order valence-electron chi connectivity index (χ4n) is 1.46. The number of unbranched alkanes of at least 4 members (excludes halogenated alkanes) is 2. The summed E-state index contributed by atoms with van der Waals surface area (Å²) in [5.74, 6) is -0.739. The van der Waals surface area contributed by atoms with Crippen LogP contribution in [0, 0.1) is 5.92 Å². The first-order chi connectivity index (χ1) is 8.05. The van der Waals surface area contributed by atoms with Crippen molar-refractivity contribution in [2.75, 3.05) is 11.5 Å². The van der Waals surface area contributed by atoms with Crippen LogP contribution in [0.15, 0.2) is 0 Å². The fraction of sp³-hybridized carbons (Fsp3) is 1.00. The topological polar surface area (TPSA) is 37.3 Å². The highest BCUT2D eigenvalue weighted by atomic mass is 33.1. The second-order valence-corrected chi connectivity index (χ2v) is 11.8. The summed E-state index contributed by atoms with van der Waals surface area (Å²) in [7, 11) is 0. The first-order valence-electron chi connectivity index (χ1n) is 6.67. The van der Waals surface area contributed by atoms with Gasteiger partial charge in [0.15, 0.2) is 0 Å². The lowest BCUT2D eigenvalue weighted by molar-refractivity contribution is 0.497. The molecular formula is C12H27O2PS2. The third kappa shape index (κ3) is 10.5. The van der Waals surface area contributed by atoms with Crippen LogP contribution in [-0.4, -0.2) is 16.4 Å². The molecule has 0 rings (SSSR count). The van der Waals surface area contributed by atoms with E-state index in [2.05, 4.69) is 20.8 Å². The molecule has 0 aromatic carbocycles. The average Bonchev–Trinajstić information content (AvgIpc) is 2.29. The van der Waals surface area contributed by atoms with Crippen LogP contribution in [0.5, 0.6) is 0 Å². The summed E-state index contributed by atoms with van der Waals surface area (Å²) in [6, 6.07) is 0. The Kier molecular flexibility index (Phi) is 11.3. The predicted molar refractivity (Wildman–Crippen MR) is 83.0 cm³/mol. The lowest BCUT2D eigenvalue weighted by Gasteiger charge is -2.16. The second-order valence-electron chi connectivity index (χ2n) is 4.37. The van der Waals surface area contributed by atoms with E-state index in [9.17, 15) is 9.46 Å². The van der Waals surface area contributed by atoms with E-state index >= 15 is 0 Å². The molecule has 0 aliphatic carbocycles. The number of hydrogen-bond acceptors (Lipinski definition) is 3. The first-order valence-corrected chi connectivity index (χ1v) is 11.5. The molecule has 0 aromatic rings. The molecule has 0 fully saturated rings. The minimum Gasteiger partial charge on any atom is -0.329 e. The summed E-state index contributed by atoms with van der Waals surface area (Å²) in [6.07, 6.45) is 6.88. The Hall–Kier alpha value is 0.890. The van der Waals surface area contributed by atoms with Crippen molar-refractivity contribution in [2.24, 2.45) is 5.92 Å². The van der Waals surface area contributed by atoms with Gasteiger partial charge >= 0.3 is 5.77 Å². The van der Waals surface area contributed by atoms with E-state index in [1.54, 1.807) is 0 Å². The van der Waals surface area contributed by atoms with Gasteiger partial charge in [0.2, 0.25) is 0 Å². The molecule has 2 unspecified atom stereocenters. The van der Waals surface area contributed by atoms with Crippen molar-refractivity contribution in [2.45, 2.75) is 59.3 Å². The van der Waals surface area contributed by atoms with Crippen molar-refractivity contribution in [3.8, 4) is 0 Å². The third-order valence-corrected chi connectivity index (χ3v) is 9.36. The molecule has 0 heterocycles. The van der Waals surface area contributed by atoms with Gasteiger partial charge in [-0.2, -0.15) is 0 Å². The van der Waals surface area contributed by atoms with Gasteiger partial charge in [0.1, 0.15) is 0 Å². The maximum Gasteiger partial charge on any atom is 0.310 e. The molecular weight excluding hydrogens is 271 g/mol. The minimum absolute atomic E-state index is 0.604. The van der Waals surface area contributed by atoms with E-state index in [0.29, 0.717) is 5.92 Å². The van der Waals surface area contributed by atoms with Gasteiger partial charge in [-0.1, -0.05) is 69.2 Å². The average molecular weight is 298 g/mol. The highest BCUT2D eigenvalue weighted by Gasteiger charge is 2.21. The zero-order chi connectivity index (χ0) is 13.1. The highest BCUT2D eigenvalue weighted by Crippen LogP contribution is 2.66. The maximum absolute atomic E-state index is 11.9. The van der Waals surface area contributed by atoms with Gasteiger partial charge in [0.25, 0.3) is 0 Å². The van der Waals surface area contributed by atoms with Crippen LogP contribution in [-0.2, 0) is 4.57 Å². The molecule has 1 N–H and O–H groups in total. The van der Waals surface area contributed by atoms with Crippen LogP contribution in [0.3, 0.4) is 0 Å².